The lowest BCUT2D eigenvalue weighted by atomic mass is 9.76. The number of hydrogen-bond donors (Lipinski definition) is 1. The maximum absolute atomic E-state index is 5.44. The van der Waals surface area contributed by atoms with Crippen LogP contribution in [0.15, 0.2) is 103 Å². The first-order valence-electron chi connectivity index (χ1n) is 8.56. The van der Waals surface area contributed by atoms with E-state index in [9.17, 15) is 0 Å². The molecule has 1 fully saturated rings. The third-order valence-corrected chi connectivity index (χ3v) is 4.84. The summed E-state index contributed by atoms with van der Waals surface area (Å²) in [6.07, 6.45) is 0. The van der Waals surface area contributed by atoms with Crippen molar-refractivity contribution in [2.45, 2.75) is 11.6 Å². The van der Waals surface area contributed by atoms with Gasteiger partial charge in [0.2, 0.25) is 0 Å². The molecule has 0 saturated carbocycles. The van der Waals surface area contributed by atoms with Gasteiger partial charge in [-0.2, -0.15) is 0 Å². The molecule has 0 radical (unpaired) electrons. The number of ether oxygens (including phenoxy) is 1. The van der Waals surface area contributed by atoms with Crippen LogP contribution in [0.2, 0.25) is 0 Å². The second-order valence-corrected chi connectivity index (χ2v) is 6.32. The molecule has 2 nitrogen and oxygen atoms in total. The Hall–Kier alpha value is -2.84. The van der Waals surface area contributed by atoms with Gasteiger partial charge in [-0.3, -0.25) is 5.32 Å². The highest BCUT2D eigenvalue weighted by Gasteiger charge is 2.41. The van der Waals surface area contributed by atoms with Crippen molar-refractivity contribution in [2.24, 2.45) is 0 Å². The minimum Gasteiger partial charge on any atom is -0.495 e. The highest BCUT2D eigenvalue weighted by molar-refractivity contribution is 5.50. The molecule has 0 amide bonds. The summed E-state index contributed by atoms with van der Waals surface area (Å²) < 4.78 is 5.44. The summed E-state index contributed by atoms with van der Waals surface area (Å²) in [5.74, 6) is 0.798. The third-order valence-electron chi connectivity index (χ3n) is 4.84. The Labute approximate surface area is 148 Å². The Morgan fingerprint density at radius 2 is 1.12 bits per heavy atom. The minimum atomic E-state index is -0.457. The zero-order valence-electron chi connectivity index (χ0n) is 14.1. The van der Waals surface area contributed by atoms with Gasteiger partial charge in [0.1, 0.15) is 18.4 Å². The molecule has 2 heteroatoms. The van der Waals surface area contributed by atoms with E-state index in [1.807, 2.05) is 0 Å². The predicted molar refractivity (Wildman–Crippen MR) is 101 cm³/mol. The summed E-state index contributed by atoms with van der Waals surface area (Å²) >= 11 is 0. The van der Waals surface area contributed by atoms with Gasteiger partial charge >= 0.3 is 0 Å². The second-order valence-electron chi connectivity index (χ2n) is 6.32. The molecule has 1 aliphatic heterocycles. The third kappa shape index (κ3) is 2.75. The average Bonchev–Trinajstić information content (AvgIpc) is 2.70. The van der Waals surface area contributed by atoms with Gasteiger partial charge in [-0.15, -0.1) is 0 Å². The maximum atomic E-state index is 5.44. The maximum Gasteiger partial charge on any atom is 0.110 e. The number of hydrogen-bond acceptors (Lipinski definition) is 2. The van der Waals surface area contributed by atoms with Crippen LogP contribution in [0, 0.1) is 0 Å². The SMILES string of the molecule is C=C1OC[C@@H]1NC(c1ccccc1)(c1ccccc1)c1ccccc1. The van der Waals surface area contributed by atoms with Crippen molar-refractivity contribution in [3.05, 3.63) is 120 Å². The lowest BCUT2D eigenvalue weighted by Crippen LogP contribution is -2.55. The van der Waals surface area contributed by atoms with Crippen molar-refractivity contribution in [1.82, 2.24) is 5.32 Å². The molecule has 4 rings (SSSR count). The van der Waals surface area contributed by atoms with E-state index in [0.29, 0.717) is 6.61 Å². The van der Waals surface area contributed by atoms with Crippen molar-refractivity contribution >= 4 is 0 Å². The monoisotopic (exact) mass is 327 g/mol. The number of rotatable bonds is 5. The molecular formula is C23H21NO. The van der Waals surface area contributed by atoms with Gasteiger partial charge in [0.25, 0.3) is 0 Å². The molecule has 1 aliphatic rings. The molecule has 0 unspecified atom stereocenters. The van der Waals surface area contributed by atoms with Gasteiger partial charge in [0.15, 0.2) is 0 Å². The Bertz CT molecular complexity index is 746. The number of nitrogens with one attached hydrogen (secondary N) is 1. The second kappa shape index (κ2) is 6.58. The fourth-order valence-corrected chi connectivity index (χ4v) is 3.48. The molecule has 0 aromatic heterocycles. The van der Waals surface area contributed by atoms with Crippen LogP contribution in [0.3, 0.4) is 0 Å². The number of benzene rings is 3. The highest BCUT2D eigenvalue weighted by Crippen LogP contribution is 2.38. The molecule has 1 N–H and O–H groups in total. The van der Waals surface area contributed by atoms with Gasteiger partial charge in [-0.25, -0.2) is 0 Å². The first kappa shape index (κ1) is 15.7. The van der Waals surface area contributed by atoms with Crippen molar-refractivity contribution in [3.63, 3.8) is 0 Å². The molecule has 0 bridgehead atoms. The molecule has 3 aromatic carbocycles. The fraction of sp³-hybridized carbons (Fsp3) is 0.130. The van der Waals surface area contributed by atoms with Gasteiger partial charge in [0, 0.05) is 0 Å². The Morgan fingerprint density at radius 1 is 0.720 bits per heavy atom. The van der Waals surface area contributed by atoms with E-state index in [0.717, 1.165) is 5.76 Å². The molecule has 0 aliphatic carbocycles. The van der Waals surface area contributed by atoms with E-state index in [1.54, 1.807) is 0 Å². The zero-order valence-corrected chi connectivity index (χ0v) is 14.1. The topological polar surface area (TPSA) is 21.3 Å². The molecule has 124 valence electrons. The van der Waals surface area contributed by atoms with E-state index in [-0.39, 0.29) is 6.04 Å². The fourth-order valence-electron chi connectivity index (χ4n) is 3.48. The van der Waals surface area contributed by atoms with Gasteiger partial charge in [0.05, 0.1) is 5.54 Å². The van der Waals surface area contributed by atoms with Crippen LogP contribution >= 0.6 is 0 Å². The van der Waals surface area contributed by atoms with Gasteiger partial charge < -0.3 is 4.74 Å². The van der Waals surface area contributed by atoms with Crippen molar-refractivity contribution in [2.75, 3.05) is 6.61 Å². The molecule has 1 saturated heterocycles. The van der Waals surface area contributed by atoms with E-state index in [2.05, 4.69) is 103 Å². The van der Waals surface area contributed by atoms with Crippen molar-refractivity contribution in [3.8, 4) is 0 Å². The lowest BCUT2D eigenvalue weighted by Gasteiger charge is -2.43. The molecule has 1 atom stereocenters. The van der Waals surface area contributed by atoms with E-state index >= 15 is 0 Å². The Kier molecular flexibility index (Phi) is 4.12. The summed E-state index contributed by atoms with van der Waals surface area (Å²) in [5, 5.41) is 3.84. The normalized spacial score (nSPS) is 16.8. The largest absolute Gasteiger partial charge is 0.495 e. The van der Waals surface area contributed by atoms with E-state index in [4.69, 9.17) is 4.74 Å². The van der Waals surface area contributed by atoms with Crippen LogP contribution in [0.4, 0.5) is 0 Å². The van der Waals surface area contributed by atoms with Crippen molar-refractivity contribution in [1.29, 1.82) is 0 Å². The lowest BCUT2D eigenvalue weighted by molar-refractivity contribution is 0.0635. The summed E-state index contributed by atoms with van der Waals surface area (Å²) in [6.45, 7) is 4.67. The molecular weight excluding hydrogens is 306 g/mol. The Balaban J connectivity index is 1.95. The zero-order chi connectivity index (χ0) is 17.1. The van der Waals surface area contributed by atoms with Crippen LogP contribution in [0.1, 0.15) is 16.7 Å². The molecule has 3 aromatic rings. The summed E-state index contributed by atoms with van der Waals surface area (Å²) in [4.78, 5) is 0. The molecule has 25 heavy (non-hydrogen) atoms. The quantitative estimate of drug-likeness (QED) is 0.698. The smallest absolute Gasteiger partial charge is 0.110 e. The molecule has 1 heterocycles. The molecule has 0 spiro atoms. The van der Waals surface area contributed by atoms with Crippen LogP contribution in [-0.4, -0.2) is 12.6 Å². The average molecular weight is 327 g/mol. The van der Waals surface area contributed by atoms with Crippen LogP contribution in [0.25, 0.3) is 0 Å². The van der Waals surface area contributed by atoms with Crippen molar-refractivity contribution < 1.29 is 4.74 Å². The van der Waals surface area contributed by atoms with Crippen LogP contribution in [0.5, 0.6) is 0 Å². The standard InChI is InChI=1S/C23H21NO/c1-18-22(17-25-18)24-23(19-11-5-2-6-12-19,20-13-7-3-8-14-20)21-15-9-4-10-16-21/h2-16,22,24H,1,17H2/t22-/m0/s1. The van der Waals surface area contributed by atoms with Crippen LogP contribution in [-0.2, 0) is 10.3 Å². The summed E-state index contributed by atoms with van der Waals surface area (Å²) in [5.41, 5.74) is 3.15. The van der Waals surface area contributed by atoms with Crippen LogP contribution < -0.4 is 5.32 Å². The Morgan fingerprint density at radius 3 is 1.40 bits per heavy atom. The van der Waals surface area contributed by atoms with E-state index in [1.165, 1.54) is 16.7 Å². The highest BCUT2D eigenvalue weighted by atomic mass is 16.5. The summed E-state index contributed by atoms with van der Waals surface area (Å²) in [6, 6.07) is 31.9. The summed E-state index contributed by atoms with van der Waals surface area (Å²) in [7, 11) is 0. The van der Waals surface area contributed by atoms with Gasteiger partial charge in [-0.1, -0.05) is 97.6 Å². The van der Waals surface area contributed by atoms with E-state index < -0.39 is 5.54 Å². The first-order valence-corrected chi connectivity index (χ1v) is 8.56. The first-order chi connectivity index (χ1) is 12.3. The van der Waals surface area contributed by atoms with Gasteiger partial charge in [-0.05, 0) is 16.7 Å². The predicted octanol–water partition coefficient (Wildman–Crippen LogP) is 4.48. The minimum absolute atomic E-state index is 0.126.